The summed E-state index contributed by atoms with van der Waals surface area (Å²) in [5.74, 6) is -1.38. The normalized spacial score (nSPS) is 11.9. The molecule has 0 radical (unpaired) electrons. The molecule has 0 aliphatic heterocycles. The smallest absolute Gasteiger partial charge is 0.326 e. The zero-order valence-electron chi connectivity index (χ0n) is 11.1. The van der Waals surface area contributed by atoms with Crippen molar-refractivity contribution in [2.45, 2.75) is 39.2 Å². The molecule has 0 saturated carbocycles. The monoisotopic (exact) mass is 283 g/mol. The highest BCUT2D eigenvalue weighted by Gasteiger charge is 2.20. The van der Waals surface area contributed by atoms with Crippen molar-refractivity contribution < 1.29 is 14.7 Å². The van der Waals surface area contributed by atoms with Gasteiger partial charge in [0.2, 0.25) is 0 Å². The van der Waals surface area contributed by atoms with Gasteiger partial charge in [-0.05, 0) is 37.1 Å². The lowest BCUT2D eigenvalue weighted by atomic mass is 10.1. The molecule has 1 rings (SSSR count). The number of rotatable bonds is 6. The van der Waals surface area contributed by atoms with Gasteiger partial charge in [-0.1, -0.05) is 31.4 Å². The standard InChI is InChI=1S/C14H18ClNO3/c1-3-4-5-12(14(18)19)16-13(17)11-7-6-10(15)8-9(11)2/h6-8,12H,3-5H2,1-2H3,(H,16,17)(H,18,19). The number of aliphatic carboxylic acids is 1. The van der Waals surface area contributed by atoms with Crippen molar-refractivity contribution in [2.24, 2.45) is 0 Å². The van der Waals surface area contributed by atoms with Gasteiger partial charge in [-0.2, -0.15) is 0 Å². The summed E-state index contributed by atoms with van der Waals surface area (Å²) in [6, 6.07) is 4.05. The number of hydrogen-bond donors (Lipinski definition) is 2. The van der Waals surface area contributed by atoms with E-state index < -0.39 is 12.0 Å². The Bertz CT molecular complexity index is 474. The van der Waals surface area contributed by atoms with Crippen LogP contribution in [0, 0.1) is 6.92 Å². The molecule has 0 aliphatic rings. The Kier molecular flexibility index (Phi) is 5.83. The van der Waals surface area contributed by atoms with Crippen LogP contribution in [0.4, 0.5) is 0 Å². The average Bonchev–Trinajstić information content (AvgIpc) is 2.33. The van der Waals surface area contributed by atoms with Gasteiger partial charge in [0.15, 0.2) is 0 Å². The van der Waals surface area contributed by atoms with Crippen molar-refractivity contribution in [3.63, 3.8) is 0 Å². The van der Waals surface area contributed by atoms with E-state index in [1.807, 2.05) is 6.92 Å². The molecule has 1 amide bonds. The first kappa shape index (κ1) is 15.5. The predicted octanol–water partition coefficient (Wildman–Crippen LogP) is 3.02. The van der Waals surface area contributed by atoms with Gasteiger partial charge in [-0.3, -0.25) is 4.79 Å². The number of amides is 1. The SMILES string of the molecule is CCCCC(NC(=O)c1ccc(Cl)cc1C)C(=O)O. The average molecular weight is 284 g/mol. The van der Waals surface area contributed by atoms with E-state index in [0.717, 1.165) is 18.4 Å². The van der Waals surface area contributed by atoms with Crippen LogP contribution in [0.1, 0.15) is 42.1 Å². The Morgan fingerprint density at radius 3 is 2.63 bits per heavy atom. The van der Waals surface area contributed by atoms with Gasteiger partial charge in [-0.15, -0.1) is 0 Å². The van der Waals surface area contributed by atoms with Crippen molar-refractivity contribution in [2.75, 3.05) is 0 Å². The maximum Gasteiger partial charge on any atom is 0.326 e. The summed E-state index contributed by atoms with van der Waals surface area (Å²) < 4.78 is 0. The first-order chi connectivity index (χ1) is 8.95. The van der Waals surface area contributed by atoms with Gasteiger partial charge >= 0.3 is 5.97 Å². The number of aryl methyl sites for hydroxylation is 1. The Balaban J connectivity index is 2.78. The van der Waals surface area contributed by atoms with Gasteiger partial charge in [0.25, 0.3) is 5.91 Å². The maximum absolute atomic E-state index is 12.0. The van der Waals surface area contributed by atoms with Crippen LogP contribution in [0.5, 0.6) is 0 Å². The van der Waals surface area contributed by atoms with Gasteiger partial charge in [0, 0.05) is 10.6 Å². The summed E-state index contributed by atoms with van der Waals surface area (Å²) in [5.41, 5.74) is 1.18. The zero-order valence-corrected chi connectivity index (χ0v) is 11.8. The molecule has 0 bridgehead atoms. The van der Waals surface area contributed by atoms with E-state index in [1.54, 1.807) is 25.1 Å². The van der Waals surface area contributed by atoms with E-state index in [-0.39, 0.29) is 5.91 Å². The topological polar surface area (TPSA) is 66.4 Å². The number of halogens is 1. The number of carbonyl (C=O) groups is 2. The second kappa shape index (κ2) is 7.14. The van der Waals surface area contributed by atoms with Crippen molar-refractivity contribution in [3.05, 3.63) is 34.3 Å². The van der Waals surface area contributed by atoms with Crippen LogP contribution in [0.25, 0.3) is 0 Å². The molecule has 2 N–H and O–H groups in total. The number of hydrogen-bond acceptors (Lipinski definition) is 2. The number of benzene rings is 1. The Hall–Kier alpha value is -1.55. The third-order valence-corrected chi connectivity index (χ3v) is 3.12. The van der Waals surface area contributed by atoms with Crippen LogP contribution >= 0.6 is 11.6 Å². The van der Waals surface area contributed by atoms with Crippen LogP contribution in [-0.2, 0) is 4.79 Å². The number of nitrogens with one attached hydrogen (secondary N) is 1. The number of carboxylic acid groups (broad SMARTS) is 1. The van der Waals surface area contributed by atoms with E-state index in [2.05, 4.69) is 5.32 Å². The first-order valence-corrected chi connectivity index (χ1v) is 6.63. The quantitative estimate of drug-likeness (QED) is 0.843. The van der Waals surface area contributed by atoms with Crippen LogP contribution in [0.2, 0.25) is 5.02 Å². The third kappa shape index (κ3) is 4.56. The molecule has 4 nitrogen and oxygen atoms in total. The molecule has 1 aromatic rings. The van der Waals surface area contributed by atoms with Crippen molar-refractivity contribution in [1.29, 1.82) is 0 Å². The fraction of sp³-hybridized carbons (Fsp3) is 0.429. The molecular weight excluding hydrogens is 266 g/mol. The lowest BCUT2D eigenvalue weighted by Gasteiger charge is -2.15. The van der Waals surface area contributed by atoms with E-state index in [1.165, 1.54) is 0 Å². The van der Waals surface area contributed by atoms with Crippen molar-refractivity contribution in [1.82, 2.24) is 5.32 Å². The second-order valence-corrected chi connectivity index (χ2v) is 4.90. The highest BCUT2D eigenvalue weighted by atomic mass is 35.5. The molecule has 0 aliphatic carbocycles. The first-order valence-electron chi connectivity index (χ1n) is 6.25. The summed E-state index contributed by atoms with van der Waals surface area (Å²) in [5, 5.41) is 12.2. The molecule has 0 fully saturated rings. The molecule has 104 valence electrons. The third-order valence-electron chi connectivity index (χ3n) is 2.88. The Labute approximate surface area is 117 Å². The lowest BCUT2D eigenvalue weighted by Crippen LogP contribution is -2.40. The van der Waals surface area contributed by atoms with Crippen molar-refractivity contribution in [3.8, 4) is 0 Å². The summed E-state index contributed by atoms with van der Waals surface area (Å²) in [6.45, 7) is 3.74. The van der Waals surface area contributed by atoms with E-state index in [9.17, 15) is 9.59 Å². The minimum atomic E-state index is -1.01. The summed E-state index contributed by atoms with van der Waals surface area (Å²) in [7, 11) is 0. The predicted molar refractivity (Wildman–Crippen MR) is 74.6 cm³/mol. The van der Waals surface area contributed by atoms with Crippen LogP contribution < -0.4 is 5.32 Å². The van der Waals surface area contributed by atoms with Crippen LogP contribution in [0.15, 0.2) is 18.2 Å². The van der Waals surface area contributed by atoms with E-state index in [0.29, 0.717) is 17.0 Å². The van der Waals surface area contributed by atoms with Crippen LogP contribution in [0.3, 0.4) is 0 Å². The van der Waals surface area contributed by atoms with Crippen LogP contribution in [-0.4, -0.2) is 23.0 Å². The maximum atomic E-state index is 12.0. The summed E-state index contributed by atoms with van der Waals surface area (Å²) in [4.78, 5) is 23.1. The molecule has 0 saturated heterocycles. The summed E-state index contributed by atoms with van der Waals surface area (Å²) in [6.07, 6.45) is 2.08. The van der Waals surface area contributed by atoms with E-state index >= 15 is 0 Å². The minimum Gasteiger partial charge on any atom is -0.480 e. The largest absolute Gasteiger partial charge is 0.480 e. The summed E-state index contributed by atoms with van der Waals surface area (Å²) >= 11 is 5.82. The highest BCUT2D eigenvalue weighted by molar-refractivity contribution is 6.30. The second-order valence-electron chi connectivity index (χ2n) is 4.47. The fourth-order valence-electron chi connectivity index (χ4n) is 1.78. The molecule has 5 heteroatoms. The van der Waals surface area contributed by atoms with Gasteiger partial charge < -0.3 is 10.4 Å². The minimum absolute atomic E-state index is 0.377. The van der Waals surface area contributed by atoms with Gasteiger partial charge in [0.05, 0.1) is 0 Å². The molecule has 0 heterocycles. The molecule has 19 heavy (non-hydrogen) atoms. The molecule has 1 aromatic carbocycles. The fourth-order valence-corrected chi connectivity index (χ4v) is 2.01. The molecule has 0 spiro atoms. The van der Waals surface area contributed by atoms with Crippen molar-refractivity contribution >= 4 is 23.5 Å². The molecular formula is C14H18ClNO3. The van der Waals surface area contributed by atoms with Gasteiger partial charge in [-0.25, -0.2) is 4.79 Å². The zero-order chi connectivity index (χ0) is 14.4. The lowest BCUT2D eigenvalue weighted by molar-refractivity contribution is -0.139. The molecule has 0 aromatic heterocycles. The number of carbonyl (C=O) groups excluding carboxylic acids is 1. The number of unbranched alkanes of at least 4 members (excludes halogenated alkanes) is 1. The Morgan fingerprint density at radius 2 is 2.11 bits per heavy atom. The Morgan fingerprint density at radius 1 is 1.42 bits per heavy atom. The molecule has 1 atom stereocenters. The van der Waals surface area contributed by atoms with Gasteiger partial charge in [0.1, 0.15) is 6.04 Å². The number of carboxylic acids is 1. The molecule has 1 unspecified atom stereocenters. The highest BCUT2D eigenvalue weighted by Crippen LogP contribution is 2.15. The van der Waals surface area contributed by atoms with E-state index in [4.69, 9.17) is 16.7 Å².